The molecule has 2 unspecified atom stereocenters. The second kappa shape index (κ2) is 7.59. The second-order valence-corrected chi connectivity index (χ2v) is 6.43. The highest BCUT2D eigenvalue weighted by Gasteiger charge is 2.16. The van der Waals surface area contributed by atoms with Crippen LogP contribution in [-0.2, 0) is 10.8 Å². The van der Waals surface area contributed by atoms with Gasteiger partial charge in [0.25, 0.3) is 0 Å². The minimum Gasteiger partial charge on any atom is -0.497 e. The lowest BCUT2D eigenvalue weighted by atomic mass is 10.1. The summed E-state index contributed by atoms with van der Waals surface area (Å²) in [5, 5.41) is 3.74. The molecule has 0 heterocycles. The van der Waals surface area contributed by atoms with Gasteiger partial charge in [0.2, 0.25) is 0 Å². The number of halogens is 1. The molecule has 2 aromatic rings. The molecule has 3 nitrogen and oxygen atoms in total. The van der Waals surface area contributed by atoms with E-state index in [1.54, 1.807) is 19.2 Å². The topological polar surface area (TPSA) is 38.3 Å². The van der Waals surface area contributed by atoms with E-state index in [2.05, 4.69) is 5.32 Å². The van der Waals surface area contributed by atoms with Gasteiger partial charge in [-0.25, -0.2) is 0 Å². The minimum absolute atomic E-state index is 0.0304. The van der Waals surface area contributed by atoms with Crippen molar-refractivity contribution in [3.63, 3.8) is 0 Å². The molecule has 0 aliphatic heterocycles. The summed E-state index contributed by atoms with van der Waals surface area (Å²) < 4.78 is 17.8. The number of nitrogens with one attached hydrogen (secondary N) is 1. The molecular weight excluding hydrogens is 306 g/mol. The van der Waals surface area contributed by atoms with Crippen LogP contribution in [0.5, 0.6) is 5.75 Å². The van der Waals surface area contributed by atoms with Crippen molar-refractivity contribution in [1.82, 2.24) is 5.32 Å². The van der Waals surface area contributed by atoms with E-state index >= 15 is 0 Å². The number of benzene rings is 2. The van der Waals surface area contributed by atoms with Crippen LogP contribution in [0.3, 0.4) is 0 Å². The van der Waals surface area contributed by atoms with E-state index in [4.69, 9.17) is 16.3 Å². The van der Waals surface area contributed by atoms with Gasteiger partial charge in [-0.3, -0.25) is 4.21 Å². The average Bonchev–Trinajstić information content (AvgIpc) is 2.52. The Bertz CT molecular complexity index is 633. The molecule has 1 N–H and O–H groups in total. The van der Waals surface area contributed by atoms with Crippen molar-refractivity contribution in [2.24, 2.45) is 0 Å². The van der Waals surface area contributed by atoms with Gasteiger partial charge < -0.3 is 10.1 Å². The molecule has 112 valence electrons. The van der Waals surface area contributed by atoms with Crippen molar-refractivity contribution < 1.29 is 8.95 Å². The zero-order chi connectivity index (χ0) is 15.2. The molecule has 0 bridgehead atoms. The van der Waals surface area contributed by atoms with Gasteiger partial charge in [-0.1, -0.05) is 35.9 Å². The van der Waals surface area contributed by atoms with Crippen LogP contribution in [-0.4, -0.2) is 24.1 Å². The summed E-state index contributed by atoms with van der Waals surface area (Å²) in [4.78, 5) is 0.669. The van der Waals surface area contributed by atoms with Gasteiger partial charge in [0.1, 0.15) is 5.75 Å². The molecule has 0 aromatic heterocycles. The van der Waals surface area contributed by atoms with Gasteiger partial charge in [0, 0.05) is 11.8 Å². The molecule has 0 spiro atoms. The standard InChI is InChI=1S/C16H18ClNO2S/c1-18-15(12-6-5-7-13(10-12)20-2)11-21(19)16-9-4-3-8-14(16)17/h3-10,15,18H,11H2,1-2H3. The maximum Gasteiger partial charge on any atom is 0.119 e. The van der Waals surface area contributed by atoms with Crippen LogP contribution in [0.1, 0.15) is 11.6 Å². The first-order valence-electron chi connectivity index (χ1n) is 6.60. The molecule has 0 saturated carbocycles. The van der Waals surface area contributed by atoms with E-state index < -0.39 is 10.8 Å². The zero-order valence-corrected chi connectivity index (χ0v) is 13.6. The third-order valence-corrected chi connectivity index (χ3v) is 5.17. The Labute approximate surface area is 132 Å². The molecule has 0 aliphatic rings. The number of methoxy groups -OCH3 is 1. The SMILES string of the molecule is CNC(CS(=O)c1ccccc1Cl)c1cccc(OC)c1. The lowest BCUT2D eigenvalue weighted by Gasteiger charge is -2.17. The highest BCUT2D eigenvalue weighted by Crippen LogP contribution is 2.24. The van der Waals surface area contributed by atoms with E-state index in [1.807, 2.05) is 43.4 Å². The number of rotatable bonds is 6. The van der Waals surface area contributed by atoms with E-state index in [9.17, 15) is 4.21 Å². The monoisotopic (exact) mass is 323 g/mol. The normalized spacial score (nSPS) is 13.7. The summed E-state index contributed by atoms with van der Waals surface area (Å²) in [6, 6.07) is 15.0. The molecular formula is C16H18ClNO2S. The molecule has 5 heteroatoms. The third kappa shape index (κ3) is 4.06. The fourth-order valence-electron chi connectivity index (χ4n) is 2.08. The van der Waals surface area contributed by atoms with Gasteiger partial charge in [-0.2, -0.15) is 0 Å². The van der Waals surface area contributed by atoms with Crippen molar-refractivity contribution >= 4 is 22.4 Å². The van der Waals surface area contributed by atoms with Gasteiger partial charge in [-0.05, 0) is 36.9 Å². The highest BCUT2D eigenvalue weighted by atomic mass is 35.5. The molecule has 21 heavy (non-hydrogen) atoms. The minimum atomic E-state index is -1.17. The zero-order valence-electron chi connectivity index (χ0n) is 12.0. The average molecular weight is 324 g/mol. The smallest absolute Gasteiger partial charge is 0.119 e. The Morgan fingerprint density at radius 1 is 1.24 bits per heavy atom. The van der Waals surface area contributed by atoms with Crippen LogP contribution >= 0.6 is 11.6 Å². The van der Waals surface area contributed by atoms with Crippen LogP contribution in [0.25, 0.3) is 0 Å². The Morgan fingerprint density at radius 2 is 2.00 bits per heavy atom. The molecule has 0 radical (unpaired) electrons. The van der Waals surface area contributed by atoms with Gasteiger partial charge >= 0.3 is 0 Å². The first-order chi connectivity index (χ1) is 10.2. The van der Waals surface area contributed by atoms with E-state index in [0.29, 0.717) is 15.7 Å². The summed E-state index contributed by atoms with van der Waals surface area (Å²) in [5.41, 5.74) is 1.04. The van der Waals surface area contributed by atoms with Crippen LogP contribution < -0.4 is 10.1 Å². The van der Waals surface area contributed by atoms with Gasteiger partial charge in [0.15, 0.2) is 0 Å². The van der Waals surface area contributed by atoms with E-state index in [-0.39, 0.29) is 6.04 Å². The quantitative estimate of drug-likeness (QED) is 0.885. The second-order valence-electron chi connectivity index (χ2n) is 4.56. The van der Waals surface area contributed by atoms with Crippen molar-refractivity contribution in [2.45, 2.75) is 10.9 Å². The van der Waals surface area contributed by atoms with Crippen LogP contribution in [0, 0.1) is 0 Å². The highest BCUT2D eigenvalue weighted by molar-refractivity contribution is 7.85. The van der Waals surface area contributed by atoms with E-state index in [1.165, 1.54) is 0 Å². The molecule has 2 aromatic carbocycles. The van der Waals surface area contributed by atoms with Crippen LogP contribution in [0.2, 0.25) is 5.02 Å². The van der Waals surface area contributed by atoms with Crippen molar-refractivity contribution in [2.75, 3.05) is 19.9 Å². The lowest BCUT2D eigenvalue weighted by Crippen LogP contribution is -2.22. The molecule has 0 amide bonds. The molecule has 0 fully saturated rings. The van der Waals surface area contributed by atoms with Gasteiger partial charge in [-0.15, -0.1) is 0 Å². The largest absolute Gasteiger partial charge is 0.497 e. The lowest BCUT2D eigenvalue weighted by molar-refractivity contribution is 0.413. The summed E-state index contributed by atoms with van der Waals surface area (Å²) in [6.07, 6.45) is 0. The first-order valence-corrected chi connectivity index (χ1v) is 8.29. The third-order valence-electron chi connectivity index (χ3n) is 3.24. The maximum absolute atomic E-state index is 12.5. The summed E-state index contributed by atoms with van der Waals surface area (Å²) >= 11 is 6.11. The first kappa shape index (κ1) is 16.0. The molecule has 0 saturated heterocycles. The fraction of sp³-hybridized carbons (Fsp3) is 0.250. The fourth-order valence-corrected chi connectivity index (χ4v) is 3.83. The Hall–Kier alpha value is -1.36. The van der Waals surface area contributed by atoms with Crippen LogP contribution in [0.15, 0.2) is 53.4 Å². The predicted octanol–water partition coefficient (Wildman–Crippen LogP) is 3.42. The molecule has 2 rings (SSSR count). The number of hydrogen-bond acceptors (Lipinski definition) is 3. The van der Waals surface area contributed by atoms with Crippen molar-refractivity contribution in [3.05, 3.63) is 59.1 Å². The maximum atomic E-state index is 12.5. The van der Waals surface area contributed by atoms with Crippen molar-refractivity contribution in [3.8, 4) is 5.75 Å². The van der Waals surface area contributed by atoms with Crippen molar-refractivity contribution in [1.29, 1.82) is 0 Å². The van der Waals surface area contributed by atoms with Gasteiger partial charge in [0.05, 0.1) is 27.8 Å². The molecule has 0 aliphatic carbocycles. The van der Waals surface area contributed by atoms with Crippen LogP contribution in [0.4, 0.5) is 0 Å². The Morgan fingerprint density at radius 3 is 2.67 bits per heavy atom. The summed E-state index contributed by atoms with van der Waals surface area (Å²) in [7, 11) is 2.32. The predicted molar refractivity (Wildman–Crippen MR) is 87.5 cm³/mol. The summed E-state index contributed by atoms with van der Waals surface area (Å²) in [6.45, 7) is 0. The Balaban J connectivity index is 2.19. The molecule has 2 atom stereocenters. The number of hydrogen-bond donors (Lipinski definition) is 1. The number of ether oxygens (including phenoxy) is 1. The Kier molecular flexibility index (Phi) is 5.79. The summed E-state index contributed by atoms with van der Waals surface area (Å²) in [5.74, 6) is 1.24. The van der Waals surface area contributed by atoms with E-state index in [0.717, 1.165) is 11.3 Å².